The SMILES string of the molecule is O=C1CC(S(=O)(=O)Cl)CN1c1nc(-c2ccc(Br)cc2)cs1. The number of anilines is 1. The molecule has 0 spiro atoms. The van der Waals surface area contributed by atoms with E-state index in [4.69, 9.17) is 10.7 Å². The number of nitrogens with zero attached hydrogens (tertiary/aromatic N) is 2. The molecule has 0 bridgehead atoms. The summed E-state index contributed by atoms with van der Waals surface area (Å²) in [6.07, 6.45) is -0.0982. The van der Waals surface area contributed by atoms with Crippen molar-refractivity contribution in [3.63, 3.8) is 0 Å². The van der Waals surface area contributed by atoms with Crippen LogP contribution in [0.5, 0.6) is 0 Å². The molecule has 1 aliphatic rings. The van der Waals surface area contributed by atoms with Gasteiger partial charge in [0.15, 0.2) is 5.13 Å². The van der Waals surface area contributed by atoms with Crippen molar-refractivity contribution >= 4 is 58.0 Å². The van der Waals surface area contributed by atoms with Crippen LogP contribution in [0.1, 0.15) is 6.42 Å². The molecule has 1 aromatic carbocycles. The quantitative estimate of drug-likeness (QED) is 0.714. The van der Waals surface area contributed by atoms with Gasteiger partial charge in [-0.15, -0.1) is 11.3 Å². The van der Waals surface area contributed by atoms with E-state index in [2.05, 4.69) is 20.9 Å². The number of thiazole rings is 1. The van der Waals surface area contributed by atoms with Gasteiger partial charge in [-0.3, -0.25) is 9.69 Å². The number of amides is 1. The second-order valence-electron chi connectivity index (χ2n) is 4.83. The molecule has 1 atom stereocenters. The van der Waals surface area contributed by atoms with Gasteiger partial charge in [-0.25, -0.2) is 13.4 Å². The molecule has 1 aliphatic heterocycles. The summed E-state index contributed by atoms with van der Waals surface area (Å²) in [5.41, 5.74) is 1.68. The molecule has 5 nitrogen and oxygen atoms in total. The van der Waals surface area contributed by atoms with E-state index in [1.54, 1.807) is 0 Å². The minimum Gasteiger partial charge on any atom is -0.287 e. The predicted octanol–water partition coefficient (Wildman–Crippen LogP) is 3.25. The third kappa shape index (κ3) is 3.19. The first-order chi connectivity index (χ1) is 10.3. The van der Waals surface area contributed by atoms with Crippen molar-refractivity contribution in [2.75, 3.05) is 11.4 Å². The van der Waals surface area contributed by atoms with Crippen LogP contribution in [-0.4, -0.2) is 31.1 Å². The van der Waals surface area contributed by atoms with E-state index < -0.39 is 14.3 Å². The molecule has 116 valence electrons. The lowest BCUT2D eigenvalue weighted by atomic mass is 10.2. The van der Waals surface area contributed by atoms with Crippen LogP contribution in [0.4, 0.5) is 5.13 Å². The van der Waals surface area contributed by atoms with Gasteiger partial charge in [0.25, 0.3) is 0 Å². The van der Waals surface area contributed by atoms with Crippen molar-refractivity contribution in [1.82, 2.24) is 4.98 Å². The summed E-state index contributed by atoms with van der Waals surface area (Å²) < 4.78 is 23.7. The molecule has 1 unspecified atom stereocenters. The summed E-state index contributed by atoms with van der Waals surface area (Å²) in [5.74, 6) is -0.272. The molecular weight excluding hydrogens is 412 g/mol. The van der Waals surface area contributed by atoms with Crippen LogP contribution in [0.3, 0.4) is 0 Å². The van der Waals surface area contributed by atoms with E-state index in [0.717, 1.165) is 15.7 Å². The highest BCUT2D eigenvalue weighted by atomic mass is 79.9. The highest BCUT2D eigenvalue weighted by molar-refractivity contribution is 9.10. The topological polar surface area (TPSA) is 67.3 Å². The standard InChI is InChI=1S/C13H10BrClN2O3S2/c14-9-3-1-8(2-4-9)11-7-21-13(16-11)17-6-10(5-12(17)18)22(15,19)20/h1-4,7,10H,5-6H2. The minimum absolute atomic E-state index is 0.0535. The number of halogens is 2. The Morgan fingerprint density at radius 3 is 2.59 bits per heavy atom. The Morgan fingerprint density at radius 2 is 2.00 bits per heavy atom. The fraction of sp³-hybridized carbons (Fsp3) is 0.231. The van der Waals surface area contributed by atoms with Gasteiger partial charge in [-0.05, 0) is 12.1 Å². The van der Waals surface area contributed by atoms with Crippen LogP contribution in [0, 0.1) is 0 Å². The number of hydrogen-bond donors (Lipinski definition) is 0. The second kappa shape index (κ2) is 5.92. The Morgan fingerprint density at radius 1 is 1.32 bits per heavy atom. The molecule has 1 fully saturated rings. The van der Waals surface area contributed by atoms with Crippen molar-refractivity contribution in [3.05, 3.63) is 34.1 Å². The summed E-state index contributed by atoms with van der Waals surface area (Å²) >= 11 is 4.68. The number of benzene rings is 1. The van der Waals surface area contributed by atoms with Gasteiger partial charge in [0.2, 0.25) is 15.0 Å². The van der Waals surface area contributed by atoms with Gasteiger partial charge in [-0.2, -0.15) is 0 Å². The Labute approximate surface area is 144 Å². The molecule has 0 N–H and O–H groups in total. The van der Waals surface area contributed by atoms with Crippen LogP contribution in [0.2, 0.25) is 0 Å². The molecular formula is C13H10BrClN2O3S2. The third-order valence-corrected chi connectivity index (χ3v) is 6.61. The molecule has 2 aromatic rings. The van der Waals surface area contributed by atoms with E-state index in [0.29, 0.717) is 5.13 Å². The number of carbonyl (C=O) groups excluding carboxylic acids is 1. The Hall–Kier alpha value is -0.960. The maximum atomic E-state index is 12.0. The molecule has 1 saturated heterocycles. The van der Waals surface area contributed by atoms with E-state index in [-0.39, 0.29) is 18.9 Å². The highest BCUT2D eigenvalue weighted by Gasteiger charge is 2.39. The van der Waals surface area contributed by atoms with Gasteiger partial charge in [0.05, 0.1) is 5.69 Å². The minimum atomic E-state index is -3.75. The Kier molecular flexibility index (Phi) is 4.28. The molecule has 0 aliphatic carbocycles. The predicted molar refractivity (Wildman–Crippen MR) is 90.8 cm³/mol. The lowest BCUT2D eigenvalue weighted by Gasteiger charge is -2.11. The van der Waals surface area contributed by atoms with E-state index in [1.165, 1.54) is 16.2 Å². The van der Waals surface area contributed by atoms with Gasteiger partial charge >= 0.3 is 0 Å². The van der Waals surface area contributed by atoms with E-state index in [9.17, 15) is 13.2 Å². The molecule has 2 heterocycles. The van der Waals surface area contributed by atoms with Gasteiger partial charge in [0, 0.05) is 39.1 Å². The monoisotopic (exact) mass is 420 g/mol. The van der Waals surface area contributed by atoms with Crippen LogP contribution in [-0.2, 0) is 13.8 Å². The largest absolute Gasteiger partial charge is 0.287 e. The van der Waals surface area contributed by atoms with Gasteiger partial charge in [0.1, 0.15) is 5.25 Å². The highest BCUT2D eigenvalue weighted by Crippen LogP contribution is 2.32. The zero-order valence-electron chi connectivity index (χ0n) is 11.1. The average molecular weight is 422 g/mol. The first kappa shape index (κ1) is 15.9. The van der Waals surface area contributed by atoms with Crippen LogP contribution in [0.25, 0.3) is 11.3 Å². The van der Waals surface area contributed by atoms with Gasteiger partial charge < -0.3 is 0 Å². The average Bonchev–Trinajstić information content (AvgIpc) is 3.05. The summed E-state index contributed by atoms with van der Waals surface area (Å²) in [6.45, 7) is 0.0535. The first-order valence-corrected chi connectivity index (χ1v) is 10.3. The van der Waals surface area contributed by atoms with Crippen molar-refractivity contribution in [1.29, 1.82) is 0 Å². The Bertz CT molecular complexity index is 820. The zero-order valence-corrected chi connectivity index (χ0v) is 15.0. The number of rotatable bonds is 3. The molecule has 22 heavy (non-hydrogen) atoms. The molecule has 0 saturated carbocycles. The lowest BCUT2D eigenvalue weighted by molar-refractivity contribution is -0.117. The number of aromatic nitrogens is 1. The molecule has 1 aromatic heterocycles. The summed E-state index contributed by atoms with van der Waals surface area (Å²) in [6, 6.07) is 7.65. The lowest BCUT2D eigenvalue weighted by Crippen LogP contribution is -2.26. The smallest absolute Gasteiger partial charge is 0.237 e. The third-order valence-electron chi connectivity index (χ3n) is 3.35. The first-order valence-electron chi connectivity index (χ1n) is 6.30. The zero-order chi connectivity index (χ0) is 15.9. The van der Waals surface area contributed by atoms with Crippen molar-refractivity contribution in [2.24, 2.45) is 0 Å². The molecule has 3 rings (SSSR count). The summed E-state index contributed by atoms with van der Waals surface area (Å²) in [5, 5.41) is 1.46. The summed E-state index contributed by atoms with van der Waals surface area (Å²) in [7, 11) is 1.60. The molecule has 9 heteroatoms. The maximum absolute atomic E-state index is 12.0. The maximum Gasteiger partial charge on any atom is 0.237 e. The van der Waals surface area contributed by atoms with Crippen molar-refractivity contribution < 1.29 is 13.2 Å². The van der Waals surface area contributed by atoms with Crippen LogP contribution >= 0.6 is 37.9 Å². The summed E-state index contributed by atoms with van der Waals surface area (Å²) in [4.78, 5) is 17.8. The normalized spacial score (nSPS) is 18.9. The Balaban J connectivity index is 1.85. The van der Waals surface area contributed by atoms with Crippen LogP contribution in [0.15, 0.2) is 34.1 Å². The fourth-order valence-electron chi connectivity index (χ4n) is 2.19. The van der Waals surface area contributed by atoms with Crippen LogP contribution < -0.4 is 4.90 Å². The van der Waals surface area contributed by atoms with E-state index >= 15 is 0 Å². The van der Waals surface area contributed by atoms with Crippen molar-refractivity contribution in [2.45, 2.75) is 11.7 Å². The van der Waals surface area contributed by atoms with E-state index in [1.807, 2.05) is 29.6 Å². The molecule has 0 radical (unpaired) electrons. The van der Waals surface area contributed by atoms with Gasteiger partial charge in [-0.1, -0.05) is 28.1 Å². The number of hydrogen-bond acceptors (Lipinski definition) is 5. The number of carbonyl (C=O) groups is 1. The second-order valence-corrected chi connectivity index (χ2v) is 9.49. The van der Waals surface area contributed by atoms with Crippen molar-refractivity contribution in [3.8, 4) is 11.3 Å². The fourth-order valence-corrected chi connectivity index (χ4v) is 4.34. The molecule has 1 amide bonds.